The molecular weight excluding hydrogens is 392 g/mol. The number of rotatable bonds is 9. The molecule has 3 aromatic rings. The Balaban J connectivity index is 1.87. The zero-order chi connectivity index (χ0) is 22.2. The van der Waals surface area contributed by atoms with Gasteiger partial charge in [0.2, 0.25) is 0 Å². The van der Waals surface area contributed by atoms with Crippen molar-refractivity contribution in [2.24, 2.45) is 0 Å². The van der Waals surface area contributed by atoms with Crippen LogP contribution in [0.3, 0.4) is 0 Å². The van der Waals surface area contributed by atoms with Crippen molar-refractivity contribution < 1.29 is 14.6 Å². The molecule has 2 aromatic carbocycles. The lowest BCUT2D eigenvalue weighted by Gasteiger charge is -2.10. The molecule has 0 unspecified atom stereocenters. The molecule has 0 atom stereocenters. The quantitative estimate of drug-likeness (QED) is 0.288. The first-order valence-corrected chi connectivity index (χ1v) is 10.5. The summed E-state index contributed by atoms with van der Waals surface area (Å²) in [6.07, 6.45) is 7.39. The number of ether oxygens (including phenoxy) is 1. The Morgan fingerprint density at radius 1 is 1.13 bits per heavy atom. The molecule has 0 spiro atoms. The summed E-state index contributed by atoms with van der Waals surface area (Å²) in [4.78, 5) is 23.9. The van der Waals surface area contributed by atoms with Gasteiger partial charge in [-0.15, -0.1) is 0 Å². The third kappa shape index (κ3) is 5.54. The van der Waals surface area contributed by atoms with E-state index in [1.807, 2.05) is 60.2 Å². The van der Waals surface area contributed by atoms with Gasteiger partial charge in [0, 0.05) is 30.4 Å². The van der Waals surface area contributed by atoms with Crippen LogP contribution in [0, 0.1) is 0 Å². The summed E-state index contributed by atoms with van der Waals surface area (Å²) in [5.41, 5.74) is 3.55. The Morgan fingerprint density at radius 3 is 2.55 bits per heavy atom. The van der Waals surface area contributed by atoms with Gasteiger partial charge in [-0.2, -0.15) is 0 Å². The van der Waals surface area contributed by atoms with Crippen LogP contribution in [0.25, 0.3) is 11.1 Å². The monoisotopic (exact) mass is 420 g/mol. The zero-order valence-corrected chi connectivity index (χ0v) is 18.0. The molecule has 6 nitrogen and oxygen atoms in total. The summed E-state index contributed by atoms with van der Waals surface area (Å²) in [6, 6.07) is 14.8. The van der Waals surface area contributed by atoms with Gasteiger partial charge in [0.05, 0.1) is 6.54 Å². The van der Waals surface area contributed by atoms with E-state index in [4.69, 9.17) is 9.84 Å². The number of allylic oxidation sites excluding steroid dienone is 2. The summed E-state index contributed by atoms with van der Waals surface area (Å²) >= 11 is 0. The lowest BCUT2D eigenvalue weighted by atomic mass is 10.0. The molecule has 1 aromatic heterocycles. The van der Waals surface area contributed by atoms with E-state index < -0.39 is 6.16 Å². The fourth-order valence-electron chi connectivity index (χ4n) is 3.50. The average molecular weight is 421 g/mol. The van der Waals surface area contributed by atoms with Crippen LogP contribution in [0.2, 0.25) is 0 Å². The molecule has 0 saturated carbocycles. The fourth-order valence-corrected chi connectivity index (χ4v) is 3.50. The predicted octanol–water partition coefficient (Wildman–Crippen LogP) is 5.34. The molecular formula is C25H28N2O4. The Hall–Kier alpha value is -3.54. The summed E-state index contributed by atoms with van der Waals surface area (Å²) < 4.78 is 8.52. The molecule has 0 saturated heterocycles. The maximum atomic E-state index is 12.9. The summed E-state index contributed by atoms with van der Waals surface area (Å²) in [7, 11) is 0. The highest BCUT2D eigenvalue weighted by molar-refractivity contribution is 5.74. The number of hydrogen-bond donors (Lipinski definition) is 1. The first-order chi connectivity index (χ1) is 15.0. The number of aromatic nitrogens is 2. The normalized spacial score (nSPS) is 11.2. The Morgan fingerprint density at radius 2 is 1.87 bits per heavy atom. The smallest absolute Gasteiger partial charge is 0.449 e. The predicted molar refractivity (Wildman–Crippen MR) is 122 cm³/mol. The number of imidazole rings is 1. The highest BCUT2D eigenvalue weighted by Gasteiger charge is 2.12. The lowest BCUT2D eigenvalue weighted by Crippen LogP contribution is -2.25. The van der Waals surface area contributed by atoms with Crippen LogP contribution < -0.4 is 10.4 Å². The number of carbonyl (C=O) groups is 1. The Bertz CT molecular complexity index is 1110. The van der Waals surface area contributed by atoms with Gasteiger partial charge in [-0.1, -0.05) is 68.0 Å². The van der Waals surface area contributed by atoms with E-state index >= 15 is 0 Å². The number of carboxylic acid groups (broad SMARTS) is 1. The van der Waals surface area contributed by atoms with Crippen LogP contribution in [0.15, 0.2) is 71.7 Å². The average Bonchev–Trinajstić information content (AvgIpc) is 3.06. The largest absolute Gasteiger partial charge is 0.511 e. The van der Waals surface area contributed by atoms with Crippen molar-refractivity contribution in [3.05, 3.63) is 88.6 Å². The van der Waals surface area contributed by atoms with E-state index in [-0.39, 0.29) is 5.69 Å². The van der Waals surface area contributed by atoms with Crippen LogP contribution in [-0.4, -0.2) is 20.4 Å². The molecule has 6 heteroatoms. The second kappa shape index (κ2) is 10.5. The molecule has 3 rings (SSSR count). The van der Waals surface area contributed by atoms with Crippen LogP contribution in [0.1, 0.15) is 37.9 Å². The van der Waals surface area contributed by atoms with Gasteiger partial charge < -0.3 is 9.84 Å². The second-order valence-electron chi connectivity index (χ2n) is 7.37. The Kier molecular flexibility index (Phi) is 7.49. The number of hydrogen-bond acceptors (Lipinski definition) is 3. The van der Waals surface area contributed by atoms with Crippen LogP contribution >= 0.6 is 0 Å². The van der Waals surface area contributed by atoms with Crippen molar-refractivity contribution in [1.82, 2.24) is 9.13 Å². The van der Waals surface area contributed by atoms with Crippen molar-refractivity contribution in [3.63, 3.8) is 0 Å². The van der Waals surface area contributed by atoms with E-state index in [0.29, 0.717) is 24.3 Å². The maximum Gasteiger partial charge on any atom is 0.511 e. The van der Waals surface area contributed by atoms with Gasteiger partial charge in [0.1, 0.15) is 5.75 Å². The molecule has 0 aliphatic heterocycles. The van der Waals surface area contributed by atoms with E-state index in [9.17, 15) is 9.59 Å². The number of aryl methyl sites for hydroxylation is 1. The van der Waals surface area contributed by atoms with Crippen molar-refractivity contribution in [1.29, 1.82) is 0 Å². The minimum absolute atomic E-state index is 0.0113. The number of nitrogens with zero attached hydrogens (tertiary/aromatic N) is 2. The van der Waals surface area contributed by atoms with E-state index in [2.05, 4.69) is 13.0 Å². The first kappa shape index (κ1) is 22.2. The topological polar surface area (TPSA) is 73.5 Å². The first-order valence-electron chi connectivity index (χ1n) is 10.5. The minimum atomic E-state index is -1.34. The van der Waals surface area contributed by atoms with Crippen molar-refractivity contribution in [3.8, 4) is 16.9 Å². The number of benzene rings is 2. The van der Waals surface area contributed by atoms with E-state index in [1.165, 1.54) is 0 Å². The highest BCUT2D eigenvalue weighted by atomic mass is 16.7. The molecule has 0 radical (unpaired) electrons. The van der Waals surface area contributed by atoms with Crippen molar-refractivity contribution in [2.45, 2.75) is 46.2 Å². The third-order valence-corrected chi connectivity index (χ3v) is 5.13. The number of unbranched alkanes of at least 4 members (excludes halogenated alkanes) is 1. The maximum absolute atomic E-state index is 12.9. The molecule has 0 aliphatic rings. The lowest BCUT2D eigenvalue weighted by molar-refractivity contribution is 0.144. The third-order valence-electron chi connectivity index (χ3n) is 5.13. The molecule has 31 heavy (non-hydrogen) atoms. The molecule has 1 N–H and O–H groups in total. The van der Waals surface area contributed by atoms with Gasteiger partial charge in [-0.05, 0) is 30.5 Å². The SMILES string of the molecule is CC=CCc1cn(CCCC)c(=O)n1Cc1ccc(-c2ccccc2OC(=O)O)cc1. The van der Waals surface area contributed by atoms with Gasteiger partial charge in [0.25, 0.3) is 0 Å². The van der Waals surface area contributed by atoms with Crippen molar-refractivity contribution >= 4 is 6.16 Å². The Labute approximate surface area is 182 Å². The summed E-state index contributed by atoms with van der Waals surface area (Å²) in [6.45, 7) is 5.30. The van der Waals surface area contributed by atoms with Crippen LogP contribution in [0.5, 0.6) is 5.75 Å². The summed E-state index contributed by atoms with van der Waals surface area (Å²) in [5, 5.41) is 8.95. The van der Waals surface area contributed by atoms with E-state index in [0.717, 1.165) is 36.2 Å². The van der Waals surface area contributed by atoms with Crippen molar-refractivity contribution in [2.75, 3.05) is 0 Å². The fraction of sp³-hybridized carbons (Fsp3) is 0.280. The summed E-state index contributed by atoms with van der Waals surface area (Å²) in [5.74, 6) is 0.292. The molecule has 0 aliphatic carbocycles. The number of para-hydroxylation sites is 1. The standard InChI is InChI=1S/C25H28N2O4/c1-3-5-9-21-18-26(16-6-4-2)24(28)27(21)17-19-12-14-20(15-13-19)22-10-7-8-11-23(22)31-25(29)30/h3,5,7-8,10-15,18H,4,6,9,16-17H2,1-2H3,(H,29,30). The van der Waals surface area contributed by atoms with E-state index in [1.54, 1.807) is 16.7 Å². The van der Waals surface area contributed by atoms with Gasteiger partial charge in [0.15, 0.2) is 0 Å². The molecule has 1 heterocycles. The second-order valence-corrected chi connectivity index (χ2v) is 7.37. The van der Waals surface area contributed by atoms with Crippen LogP contribution in [0.4, 0.5) is 4.79 Å². The van der Waals surface area contributed by atoms with Gasteiger partial charge in [-0.3, -0.25) is 9.13 Å². The van der Waals surface area contributed by atoms with Gasteiger partial charge in [-0.25, -0.2) is 9.59 Å². The molecule has 0 amide bonds. The van der Waals surface area contributed by atoms with Gasteiger partial charge >= 0.3 is 11.8 Å². The highest BCUT2D eigenvalue weighted by Crippen LogP contribution is 2.30. The molecule has 0 bridgehead atoms. The molecule has 162 valence electrons. The zero-order valence-electron chi connectivity index (χ0n) is 18.0. The molecule has 0 fully saturated rings. The van der Waals surface area contributed by atoms with Crippen LogP contribution in [-0.2, 0) is 19.5 Å². The minimum Gasteiger partial charge on any atom is -0.449 e.